The van der Waals surface area contributed by atoms with E-state index in [9.17, 15) is 9.59 Å². The number of hydrogen-bond acceptors (Lipinski definition) is 6. The minimum absolute atomic E-state index is 0.210. The van der Waals surface area contributed by atoms with E-state index in [1.165, 1.54) is 34.8 Å². The Bertz CT molecular complexity index is 1060. The van der Waals surface area contributed by atoms with Crippen LogP contribution >= 0.6 is 27.3 Å². The fraction of sp³-hybridized carbons (Fsp3) is 0.368. The molecule has 0 spiro atoms. The molecule has 0 saturated carbocycles. The molecule has 0 unspecified atom stereocenters. The van der Waals surface area contributed by atoms with Crippen molar-refractivity contribution < 1.29 is 4.79 Å². The van der Waals surface area contributed by atoms with Gasteiger partial charge in [-0.1, -0.05) is 52.2 Å². The van der Waals surface area contributed by atoms with Gasteiger partial charge in [0.2, 0.25) is 10.1 Å². The normalized spacial score (nSPS) is 14.8. The Hall–Kier alpha value is -2.26. The van der Waals surface area contributed by atoms with Crippen molar-refractivity contribution in [1.82, 2.24) is 19.9 Å². The van der Waals surface area contributed by atoms with E-state index in [2.05, 4.69) is 36.2 Å². The van der Waals surface area contributed by atoms with Gasteiger partial charge in [-0.2, -0.15) is 9.50 Å². The van der Waals surface area contributed by atoms with Crippen LogP contribution in [0.15, 0.2) is 39.6 Å². The molecule has 1 N–H and O–H groups in total. The number of rotatable bonds is 4. The molecule has 0 atom stereocenters. The highest BCUT2D eigenvalue weighted by atomic mass is 79.9. The van der Waals surface area contributed by atoms with Crippen LogP contribution in [0.3, 0.4) is 0 Å². The number of carbonyl (C=O) groups excluding carboxylic acids is 1. The summed E-state index contributed by atoms with van der Waals surface area (Å²) in [4.78, 5) is 31.5. The molecule has 0 bridgehead atoms. The Morgan fingerprint density at radius 1 is 1.18 bits per heavy atom. The number of anilines is 1. The zero-order chi connectivity index (χ0) is 19.5. The number of benzene rings is 1. The fourth-order valence-corrected chi connectivity index (χ4v) is 4.68. The summed E-state index contributed by atoms with van der Waals surface area (Å²) in [5.74, 6) is -0.345. The van der Waals surface area contributed by atoms with E-state index in [1.807, 2.05) is 24.3 Å². The first-order chi connectivity index (χ1) is 13.6. The van der Waals surface area contributed by atoms with E-state index in [-0.39, 0.29) is 11.6 Å². The second-order valence-electron chi connectivity index (χ2n) is 6.77. The predicted octanol–water partition coefficient (Wildman–Crippen LogP) is 3.22. The second-order valence-corrected chi connectivity index (χ2v) is 8.62. The maximum Gasteiger partial charge on any atom is 0.274 e. The fourth-order valence-electron chi connectivity index (χ4n) is 3.28. The number of nitrogens with zero attached hydrogens (tertiary/aromatic N) is 4. The zero-order valence-corrected chi connectivity index (χ0v) is 17.6. The third-order valence-electron chi connectivity index (χ3n) is 4.69. The molecule has 0 aliphatic carbocycles. The number of aromatic nitrogens is 3. The number of carbonyl (C=O) groups is 1. The van der Waals surface area contributed by atoms with Crippen molar-refractivity contribution in [1.29, 1.82) is 0 Å². The maximum absolute atomic E-state index is 12.8. The van der Waals surface area contributed by atoms with Gasteiger partial charge in [0.15, 0.2) is 0 Å². The van der Waals surface area contributed by atoms with Crippen LogP contribution in [0.4, 0.5) is 5.13 Å². The molecule has 3 heterocycles. The molecule has 1 saturated heterocycles. The first-order valence-electron chi connectivity index (χ1n) is 9.29. The molecule has 1 aliphatic heterocycles. The topological polar surface area (TPSA) is 79.6 Å². The molecule has 1 aliphatic rings. The number of nitrogens with one attached hydrogen (secondary N) is 1. The quantitative estimate of drug-likeness (QED) is 0.644. The molecule has 1 amide bonds. The standard InChI is InChI=1S/C19H20BrN5O2S/c20-14-7-5-6-13(10-14)12-21-17(27)15-11-16(26)22-18-25(15)23-19(28-18)24-8-3-1-2-4-9-24/h5-7,10-11H,1-4,8-9,12H2,(H,21,27). The van der Waals surface area contributed by atoms with Gasteiger partial charge in [-0.3, -0.25) is 9.59 Å². The van der Waals surface area contributed by atoms with Crippen molar-refractivity contribution in [2.24, 2.45) is 0 Å². The number of amides is 1. The predicted molar refractivity (Wildman–Crippen MR) is 113 cm³/mol. The van der Waals surface area contributed by atoms with E-state index in [0.717, 1.165) is 41.1 Å². The van der Waals surface area contributed by atoms with Crippen molar-refractivity contribution >= 4 is 43.3 Å². The molecule has 1 fully saturated rings. The molecule has 7 nitrogen and oxygen atoms in total. The Kier molecular flexibility index (Phi) is 5.72. The summed E-state index contributed by atoms with van der Waals surface area (Å²) in [5.41, 5.74) is 0.741. The third-order valence-corrected chi connectivity index (χ3v) is 6.16. The summed E-state index contributed by atoms with van der Waals surface area (Å²) in [6, 6.07) is 8.95. The van der Waals surface area contributed by atoms with Crippen molar-refractivity contribution in [3.63, 3.8) is 0 Å². The summed E-state index contributed by atoms with van der Waals surface area (Å²) >= 11 is 4.78. The summed E-state index contributed by atoms with van der Waals surface area (Å²) in [6.07, 6.45) is 4.70. The monoisotopic (exact) mass is 461 g/mol. The summed E-state index contributed by atoms with van der Waals surface area (Å²) in [6.45, 7) is 2.24. The first kappa shape index (κ1) is 19.1. The molecule has 0 radical (unpaired) electrons. The van der Waals surface area contributed by atoms with Crippen LogP contribution in [0.25, 0.3) is 4.96 Å². The highest BCUT2D eigenvalue weighted by Gasteiger charge is 2.19. The van der Waals surface area contributed by atoms with Crippen LogP contribution in [0.2, 0.25) is 0 Å². The van der Waals surface area contributed by atoms with Gasteiger partial charge in [-0.15, -0.1) is 5.10 Å². The average molecular weight is 462 g/mol. The highest BCUT2D eigenvalue weighted by molar-refractivity contribution is 9.10. The summed E-state index contributed by atoms with van der Waals surface area (Å²) in [5, 5.41) is 8.27. The van der Waals surface area contributed by atoms with Crippen molar-refractivity contribution in [3.8, 4) is 0 Å². The van der Waals surface area contributed by atoms with Gasteiger partial charge in [0.05, 0.1) is 0 Å². The van der Waals surface area contributed by atoms with Crippen molar-refractivity contribution in [2.45, 2.75) is 32.2 Å². The lowest BCUT2D eigenvalue weighted by molar-refractivity contribution is 0.0943. The summed E-state index contributed by atoms with van der Waals surface area (Å²) < 4.78 is 2.44. The average Bonchev–Trinajstić information content (AvgIpc) is 2.91. The number of hydrogen-bond donors (Lipinski definition) is 1. The molecule has 146 valence electrons. The smallest absolute Gasteiger partial charge is 0.274 e. The summed E-state index contributed by atoms with van der Waals surface area (Å²) in [7, 11) is 0. The Morgan fingerprint density at radius 3 is 2.71 bits per heavy atom. The Labute approximate surface area is 174 Å². The van der Waals surface area contributed by atoms with Crippen LogP contribution in [-0.2, 0) is 6.54 Å². The molecular weight excluding hydrogens is 442 g/mol. The van der Waals surface area contributed by atoms with Crippen LogP contribution in [0.5, 0.6) is 0 Å². The van der Waals surface area contributed by atoms with Gasteiger partial charge >= 0.3 is 0 Å². The molecule has 4 rings (SSSR count). The van der Waals surface area contributed by atoms with Crippen LogP contribution in [-0.4, -0.2) is 33.6 Å². The van der Waals surface area contributed by atoms with E-state index in [4.69, 9.17) is 0 Å². The molecule has 9 heteroatoms. The van der Waals surface area contributed by atoms with Gasteiger partial charge in [0, 0.05) is 30.2 Å². The molecule has 28 heavy (non-hydrogen) atoms. The van der Waals surface area contributed by atoms with E-state index in [0.29, 0.717) is 11.5 Å². The van der Waals surface area contributed by atoms with E-state index >= 15 is 0 Å². The second kappa shape index (κ2) is 8.40. The van der Waals surface area contributed by atoms with Gasteiger partial charge in [-0.25, -0.2) is 0 Å². The van der Waals surface area contributed by atoms with E-state index < -0.39 is 5.56 Å². The molecule has 3 aromatic rings. The van der Waals surface area contributed by atoms with Crippen molar-refractivity contribution in [2.75, 3.05) is 18.0 Å². The first-order valence-corrected chi connectivity index (χ1v) is 10.9. The Balaban J connectivity index is 1.60. The third kappa shape index (κ3) is 4.25. The van der Waals surface area contributed by atoms with Gasteiger partial charge in [0.25, 0.3) is 11.5 Å². The largest absolute Gasteiger partial charge is 0.347 e. The van der Waals surface area contributed by atoms with Crippen LogP contribution in [0, 0.1) is 0 Å². The van der Waals surface area contributed by atoms with Crippen molar-refractivity contribution in [3.05, 3.63) is 56.4 Å². The number of fused-ring (bicyclic) bond motifs is 1. The lowest BCUT2D eigenvalue weighted by Gasteiger charge is -2.17. The minimum atomic E-state index is -0.432. The molecular formula is C19H20BrN5O2S. The van der Waals surface area contributed by atoms with Gasteiger partial charge in [-0.05, 0) is 30.5 Å². The lowest BCUT2D eigenvalue weighted by Crippen LogP contribution is -2.28. The van der Waals surface area contributed by atoms with Gasteiger partial charge < -0.3 is 10.2 Å². The zero-order valence-electron chi connectivity index (χ0n) is 15.2. The molecule has 1 aromatic carbocycles. The van der Waals surface area contributed by atoms with Gasteiger partial charge in [0.1, 0.15) is 5.69 Å². The minimum Gasteiger partial charge on any atom is -0.347 e. The highest BCUT2D eigenvalue weighted by Crippen LogP contribution is 2.25. The van der Waals surface area contributed by atoms with Crippen LogP contribution < -0.4 is 15.8 Å². The van der Waals surface area contributed by atoms with Crippen LogP contribution in [0.1, 0.15) is 41.7 Å². The van der Waals surface area contributed by atoms with E-state index in [1.54, 1.807) is 0 Å². The molecule has 2 aromatic heterocycles. The maximum atomic E-state index is 12.8. The Morgan fingerprint density at radius 2 is 1.96 bits per heavy atom. The number of halogens is 1. The lowest BCUT2D eigenvalue weighted by atomic mass is 10.2. The SMILES string of the molecule is O=C(NCc1cccc(Br)c1)c1cc(=O)nc2sc(N3CCCCCC3)nn12.